The quantitative estimate of drug-likeness (QED) is 0.811. The monoisotopic (exact) mass is 223 g/mol. The molecule has 1 fully saturated rings. The molecule has 0 atom stereocenters. The fourth-order valence-corrected chi connectivity index (χ4v) is 2.36. The highest BCUT2D eigenvalue weighted by atomic mass is 15.3. The summed E-state index contributed by atoms with van der Waals surface area (Å²) in [6.45, 7) is 0.871. The van der Waals surface area contributed by atoms with Gasteiger partial charge < -0.3 is 5.73 Å². The van der Waals surface area contributed by atoms with Crippen molar-refractivity contribution in [1.82, 2.24) is 19.7 Å². The first-order chi connectivity index (χ1) is 7.66. The molecule has 1 aliphatic rings. The minimum Gasteiger partial charge on any atom is -0.328 e. The second-order valence-electron chi connectivity index (χ2n) is 4.78. The van der Waals surface area contributed by atoms with Gasteiger partial charge in [0, 0.05) is 19.1 Å². The van der Waals surface area contributed by atoms with E-state index in [1.54, 1.807) is 6.33 Å². The molecule has 0 amide bonds. The molecule has 1 aromatic heterocycles. The summed E-state index contributed by atoms with van der Waals surface area (Å²) in [5, 5.41) is 4.09. The van der Waals surface area contributed by atoms with E-state index >= 15 is 0 Å². The number of aryl methyl sites for hydroxylation is 1. The lowest BCUT2D eigenvalue weighted by atomic mass is 9.91. The van der Waals surface area contributed by atoms with E-state index in [1.165, 1.54) is 12.8 Å². The van der Waals surface area contributed by atoms with Gasteiger partial charge in [-0.3, -0.25) is 9.58 Å². The van der Waals surface area contributed by atoms with Crippen LogP contribution in [0.1, 0.15) is 31.5 Å². The maximum atomic E-state index is 5.91. The molecule has 1 aliphatic carbocycles. The molecule has 1 heterocycles. The first kappa shape index (κ1) is 11.5. The van der Waals surface area contributed by atoms with E-state index in [0.29, 0.717) is 12.1 Å². The third-order valence-corrected chi connectivity index (χ3v) is 3.56. The predicted molar refractivity (Wildman–Crippen MR) is 62.7 cm³/mol. The third-order valence-electron chi connectivity index (χ3n) is 3.56. The van der Waals surface area contributed by atoms with Gasteiger partial charge in [0.1, 0.15) is 12.2 Å². The molecule has 1 saturated carbocycles. The smallest absolute Gasteiger partial charge is 0.140 e. The summed E-state index contributed by atoms with van der Waals surface area (Å²) < 4.78 is 1.84. The van der Waals surface area contributed by atoms with Gasteiger partial charge in [-0.05, 0) is 32.7 Å². The standard InChI is InChI=1S/C11H21N5/c1-15(7-11-13-8-14-16(11)2)10-5-3-9(12)4-6-10/h8-10H,3-7,12H2,1-2H3. The molecule has 1 aromatic rings. The lowest BCUT2D eigenvalue weighted by Gasteiger charge is -2.33. The fourth-order valence-electron chi connectivity index (χ4n) is 2.36. The summed E-state index contributed by atoms with van der Waals surface area (Å²) in [6, 6.07) is 1.07. The lowest BCUT2D eigenvalue weighted by molar-refractivity contribution is 0.171. The minimum absolute atomic E-state index is 0.416. The Bertz CT molecular complexity index is 327. The van der Waals surface area contributed by atoms with E-state index in [9.17, 15) is 0 Å². The Balaban J connectivity index is 1.88. The number of hydrogen-bond donors (Lipinski definition) is 1. The normalized spacial score (nSPS) is 26.2. The summed E-state index contributed by atoms with van der Waals surface area (Å²) in [5.41, 5.74) is 5.91. The van der Waals surface area contributed by atoms with Gasteiger partial charge in [0.15, 0.2) is 0 Å². The summed E-state index contributed by atoms with van der Waals surface area (Å²) in [7, 11) is 4.10. The van der Waals surface area contributed by atoms with Gasteiger partial charge in [-0.15, -0.1) is 0 Å². The molecule has 0 aliphatic heterocycles. The maximum Gasteiger partial charge on any atom is 0.140 e. The van der Waals surface area contributed by atoms with Gasteiger partial charge in [-0.2, -0.15) is 5.10 Å². The molecular formula is C11H21N5. The van der Waals surface area contributed by atoms with E-state index < -0.39 is 0 Å². The highest BCUT2D eigenvalue weighted by molar-refractivity contribution is 4.86. The van der Waals surface area contributed by atoms with E-state index in [1.807, 2.05) is 11.7 Å². The molecule has 0 unspecified atom stereocenters. The Hall–Kier alpha value is -0.940. The van der Waals surface area contributed by atoms with Crippen molar-refractivity contribution < 1.29 is 0 Å². The number of nitrogens with two attached hydrogens (primary N) is 1. The number of aromatic nitrogens is 3. The Morgan fingerprint density at radius 3 is 2.69 bits per heavy atom. The molecule has 2 rings (SSSR count). The zero-order chi connectivity index (χ0) is 11.5. The molecule has 5 heteroatoms. The Morgan fingerprint density at radius 2 is 2.12 bits per heavy atom. The predicted octanol–water partition coefficient (Wildman–Crippen LogP) is 0.517. The SMILES string of the molecule is CN(Cc1ncnn1C)C1CCC(N)CC1. The first-order valence-electron chi connectivity index (χ1n) is 5.95. The van der Waals surface area contributed by atoms with Crippen molar-refractivity contribution in [2.75, 3.05) is 7.05 Å². The second-order valence-corrected chi connectivity index (χ2v) is 4.78. The van der Waals surface area contributed by atoms with Gasteiger partial charge in [0.05, 0.1) is 6.54 Å². The third kappa shape index (κ3) is 2.59. The summed E-state index contributed by atoms with van der Waals surface area (Å²) in [6.07, 6.45) is 6.31. The van der Waals surface area contributed by atoms with Crippen LogP contribution in [0.2, 0.25) is 0 Å². The molecular weight excluding hydrogens is 202 g/mol. The molecule has 0 spiro atoms. The highest BCUT2D eigenvalue weighted by Gasteiger charge is 2.22. The van der Waals surface area contributed by atoms with Crippen LogP contribution in [-0.2, 0) is 13.6 Å². The van der Waals surface area contributed by atoms with Crippen LogP contribution >= 0.6 is 0 Å². The summed E-state index contributed by atoms with van der Waals surface area (Å²) in [5.74, 6) is 1.03. The lowest BCUT2D eigenvalue weighted by Crippen LogP contribution is -2.38. The van der Waals surface area contributed by atoms with Gasteiger partial charge in [0.25, 0.3) is 0 Å². The Kier molecular flexibility index (Phi) is 3.56. The van der Waals surface area contributed by atoms with Crippen molar-refractivity contribution in [2.24, 2.45) is 12.8 Å². The van der Waals surface area contributed by atoms with Crippen molar-refractivity contribution in [2.45, 2.75) is 44.3 Å². The molecule has 0 aromatic carbocycles. The zero-order valence-corrected chi connectivity index (χ0v) is 10.1. The minimum atomic E-state index is 0.416. The fraction of sp³-hybridized carbons (Fsp3) is 0.818. The second kappa shape index (κ2) is 4.93. The molecule has 2 N–H and O–H groups in total. The van der Waals surface area contributed by atoms with Crippen LogP contribution in [0.5, 0.6) is 0 Å². The van der Waals surface area contributed by atoms with Gasteiger partial charge in [0.2, 0.25) is 0 Å². The van der Waals surface area contributed by atoms with E-state index in [-0.39, 0.29) is 0 Å². The van der Waals surface area contributed by atoms with Crippen molar-refractivity contribution in [1.29, 1.82) is 0 Å². The van der Waals surface area contributed by atoms with Crippen molar-refractivity contribution >= 4 is 0 Å². The van der Waals surface area contributed by atoms with E-state index in [0.717, 1.165) is 25.2 Å². The van der Waals surface area contributed by atoms with Gasteiger partial charge in [-0.25, -0.2) is 4.98 Å². The van der Waals surface area contributed by atoms with Crippen LogP contribution in [0, 0.1) is 0 Å². The van der Waals surface area contributed by atoms with Crippen LogP contribution in [0.25, 0.3) is 0 Å². The van der Waals surface area contributed by atoms with Gasteiger partial charge >= 0.3 is 0 Å². The molecule has 0 bridgehead atoms. The highest BCUT2D eigenvalue weighted by Crippen LogP contribution is 2.21. The number of nitrogens with zero attached hydrogens (tertiary/aromatic N) is 4. The van der Waals surface area contributed by atoms with Crippen LogP contribution in [-0.4, -0.2) is 38.8 Å². The average molecular weight is 223 g/mol. The molecule has 0 radical (unpaired) electrons. The Morgan fingerprint density at radius 1 is 1.44 bits per heavy atom. The Labute approximate surface area is 96.6 Å². The molecule has 0 saturated heterocycles. The first-order valence-corrected chi connectivity index (χ1v) is 5.95. The topological polar surface area (TPSA) is 60.0 Å². The summed E-state index contributed by atoms with van der Waals surface area (Å²) in [4.78, 5) is 6.62. The van der Waals surface area contributed by atoms with Crippen LogP contribution in [0.15, 0.2) is 6.33 Å². The molecule has 16 heavy (non-hydrogen) atoms. The van der Waals surface area contributed by atoms with Crippen molar-refractivity contribution in [3.05, 3.63) is 12.2 Å². The molecule has 5 nitrogen and oxygen atoms in total. The maximum absolute atomic E-state index is 5.91. The summed E-state index contributed by atoms with van der Waals surface area (Å²) >= 11 is 0. The van der Waals surface area contributed by atoms with Crippen LogP contribution in [0.3, 0.4) is 0 Å². The van der Waals surface area contributed by atoms with Crippen molar-refractivity contribution in [3.8, 4) is 0 Å². The number of rotatable bonds is 3. The average Bonchev–Trinajstić information content (AvgIpc) is 2.65. The van der Waals surface area contributed by atoms with E-state index in [4.69, 9.17) is 5.73 Å². The zero-order valence-electron chi connectivity index (χ0n) is 10.1. The molecule has 90 valence electrons. The van der Waals surface area contributed by atoms with Crippen LogP contribution in [0.4, 0.5) is 0 Å². The number of hydrogen-bond acceptors (Lipinski definition) is 4. The van der Waals surface area contributed by atoms with Gasteiger partial charge in [-0.1, -0.05) is 0 Å². The van der Waals surface area contributed by atoms with Crippen LogP contribution < -0.4 is 5.73 Å². The van der Waals surface area contributed by atoms with Crippen molar-refractivity contribution in [3.63, 3.8) is 0 Å². The van der Waals surface area contributed by atoms with E-state index in [2.05, 4.69) is 22.0 Å². The largest absolute Gasteiger partial charge is 0.328 e.